The van der Waals surface area contributed by atoms with Gasteiger partial charge in [0, 0.05) is 33.4 Å². The number of aryl methyl sites for hydroxylation is 2. The van der Waals surface area contributed by atoms with Crippen molar-refractivity contribution in [2.45, 2.75) is 13.8 Å². The fourth-order valence-electron chi connectivity index (χ4n) is 8.47. The molecular weight excluding hydrogens is 781 g/mol. The van der Waals surface area contributed by atoms with Crippen LogP contribution in [0.15, 0.2) is 206 Å². The first-order chi connectivity index (χ1) is 31.5. The largest absolute Gasteiger partial charge is 0.208 e. The molecule has 0 unspecified atom stereocenters. The maximum absolute atomic E-state index is 5.12. The normalized spacial score (nSPS) is 11.3. The van der Waals surface area contributed by atoms with Gasteiger partial charge < -0.3 is 0 Å². The second-order valence-electron chi connectivity index (χ2n) is 16.1. The Morgan fingerprint density at radius 2 is 0.484 bits per heavy atom. The minimum Gasteiger partial charge on any atom is -0.208 e. The lowest BCUT2D eigenvalue weighted by atomic mass is 9.84. The van der Waals surface area contributed by atoms with Crippen molar-refractivity contribution in [3.05, 3.63) is 217 Å². The van der Waals surface area contributed by atoms with Crippen molar-refractivity contribution in [2.75, 3.05) is 0 Å². The van der Waals surface area contributed by atoms with Crippen LogP contribution < -0.4 is 0 Å². The lowest BCUT2D eigenvalue weighted by molar-refractivity contribution is 1.07. The molecule has 0 bridgehead atoms. The summed E-state index contributed by atoms with van der Waals surface area (Å²) < 4.78 is 0. The minimum absolute atomic E-state index is 0.605. The van der Waals surface area contributed by atoms with Crippen molar-refractivity contribution in [2.24, 2.45) is 0 Å². The lowest BCUT2D eigenvalue weighted by Crippen LogP contribution is -2.01. The van der Waals surface area contributed by atoms with Crippen LogP contribution in [0.4, 0.5) is 0 Å². The molecular formula is C58H40N6. The first-order valence-corrected chi connectivity index (χ1v) is 21.4. The van der Waals surface area contributed by atoms with Crippen molar-refractivity contribution in [1.82, 2.24) is 29.9 Å². The Hall–Kier alpha value is -8.48. The average Bonchev–Trinajstić information content (AvgIpc) is 3.36. The molecule has 0 atom stereocenters. The van der Waals surface area contributed by atoms with Crippen molar-refractivity contribution < 1.29 is 0 Å². The van der Waals surface area contributed by atoms with Crippen LogP contribution in [0.2, 0.25) is 0 Å². The fourth-order valence-corrected chi connectivity index (χ4v) is 8.47. The minimum atomic E-state index is 0.605. The summed E-state index contributed by atoms with van der Waals surface area (Å²) >= 11 is 0. The van der Waals surface area contributed by atoms with Gasteiger partial charge in [-0.3, -0.25) is 0 Å². The molecule has 0 saturated carbocycles. The number of hydrogen-bond acceptors (Lipinski definition) is 6. The Morgan fingerprint density at radius 1 is 0.219 bits per heavy atom. The van der Waals surface area contributed by atoms with Gasteiger partial charge in [0.2, 0.25) is 0 Å². The number of nitrogens with zero attached hydrogens (tertiary/aromatic N) is 6. The molecule has 0 aliphatic rings. The van der Waals surface area contributed by atoms with Gasteiger partial charge in [0.1, 0.15) is 0 Å². The molecule has 302 valence electrons. The summed E-state index contributed by atoms with van der Waals surface area (Å²) in [6, 6.07) is 71.5. The summed E-state index contributed by atoms with van der Waals surface area (Å²) in [5.74, 6) is 3.71. The van der Waals surface area contributed by atoms with Crippen LogP contribution in [0.3, 0.4) is 0 Å². The van der Waals surface area contributed by atoms with E-state index in [9.17, 15) is 0 Å². The fraction of sp³-hybridized carbons (Fsp3) is 0.0345. The Labute approximate surface area is 371 Å². The number of aromatic nitrogens is 6. The molecule has 2 aromatic heterocycles. The molecule has 0 amide bonds. The van der Waals surface area contributed by atoms with Gasteiger partial charge in [0.05, 0.1) is 0 Å². The quantitative estimate of drug-likeness (QED) is 0.142. The van der Waals surface area contributed by atoms with Gasteiger partial charge in [0.25, 0.3) is 0 Å². The standard InChI is InChI=1S/C58H40N6/c1-37-27-31-41(32-28-37)55-59-53(39-15-5-3-6-16-39)61-57(63-55)45-21-13-19-43(35-45)51-49-25-11-9-23-47(49)48-24-10-12-26-50(48)52(51)44-20-14-22-46(36-44)58-62-54(40-17-7-4-8-18-40)60-56(64-58)42-33-29-38(2)30-34-42/h3-36H,1-2H3. The summed E-state index contributed by atoms with van der Waals surface area (Å²) in [6.07, 6.45) is 0. The van der Waals surface area contributed by atoms with E-state index in [4.69, 9.17) is 29.9 Å². The Morgan fingerprint density at radius 3 is 0.844 bits per heavy atom. The molecule has 11 rings (SSSR count). The van der Waals surface area contributed by atoms with Crippen molar-refractivity contribution in [3.8, 4) is 90.6 Å². The zero-order chi connectivity index (χ0) is 43.0. The molecule has 0 spiro atoms. The van der Waals surface area contributed by atoms with E-state index in [1.807, 2.05) is 60.7 Å². The highest BCUT2D eigenvalue weighted by atomic mass is 15.0. The van der Waals surface area contributed by atoms with E-state index in [0.717, 1.165) is 66.4 Å². The van der Waals surface area contributed by atoms with Gasteiger partial charge in [-0.15, -0.1) is 0 Å². The summed E-state index contributed by atoms with van der Waals surface area (Å²) in [7, 11) is 0. The van der Waals surface area contributed by atoms with Crippen molar-refractivity contribution in [3.63, 3.8) is 0 Å². The molecule has 0 fully saturated rings. The van der Waals surface area contributed by atoms with E-state index in [-0.39, 0.29) is 0 Å². The van der Waals surface area contributed by atoms with Crippen LogP contribution in [0.25, 0.3) is 112 Å². The molecule has 11 aromatic rings. The third kappa shape index (κ3) is 7.37. The van der Waals surface area contributed by atoms with Crippen LogP contribution in [0.1, 0.15) is 11.1 Å². The van der Waals surface area contributed by atoms with Crippen LogP contribution in [0.5, 0.6) is 0 Å². The van der Waals surface area contributed by atoms with E-state index in [2.05, 4.69) is 159 Å². The molecule has 6 heteroatoms. The van der Waals surface area contributed by atoms with E-state index in [1.54, 1.807) is 0 Å². The third-order valence-electron chi connectivity index (χ3n) is 11.7. The van der Waals surface area contributed by atoms with Crippen LogP contribution in [-0.2, 0) is 0 Å². The van der Waals surface area contributed by atoms with Gasteiger partial charge in [-0.05, 0) is 69.8 Å². The highest BCUT2D eigenvalue weighted by Crippen LogP contribution is 2.46. The first kappa shape index (κ1) is 38.4. The van der Waals surface area contributed by atoms with E-state index in [0.29, 0.717) is 34.9 Å². The topological polar surface area (TPSA) is 77.3 Å². The summed E-state index contributed by atoms with van der Waals surface area (Å²) in [5, 5.41) is 4.65. The van der Waals surface area contributed by atoms with Crippen LogP contribution in [-0.4, -0.2) is 29.9 Å². The predicted octanol–water partition coefficient (Wildman–Crippen LogP) is 14.3. The second kappa shape index (κ2) is 16.4. The smallest absolute Gasteiger partial charge is 0.164 e. The Balaban J connectivity index is 1.12. The Kier molecular flexibility index (Phi) is 9.86. The second-order valence-corrected chi connectivity index (χ2v) is 16.1. The van der Waals surface area contributed by atoms with Crippen LogP contribution >= 0.6 is 0 Å². The van der Waals surface area contributed by atoms with Crippen molar-refractivity contribution in [1.29, 1.82) is 0 Å². The number of rotatable bonds is 8. The maximum Gasteiger partial charge on any atom is 0.164 e. The molecule has 0 aliphatic carbocycles. The molecule has 0 radical (unpaired) electrons. The summed E-state index contributed by atoms with van der Waals surface area (Å²) in [5.41, 5.74) is 12.2. The molecule has 0 saturated heterocycles. The molecule has 0 N–H and O–H groups in total. The number of fused-ring (bicyclic) bond motifs is 3. The molecule has 2 heterocycles. The summed E-state index contributed by atoms with van der Waals surface area (Å²) in [6.45, 7) is 4.17. The lowest BCUT2D eigenvalue weighted by Gasteiger charge is -2.19. The van der Waals surface area contributed by atoms with Gasteiger partial charge in [0.15, 0.2) is 34.9 Å². The van der Waals surface area contributed by atoms with Crippen molar-refractivity contribution >= 4 is 21.5 Å². The van der Waals surface area contributed by atoms with Crippen LogP contribution in [0, 0.1) is 13.8 Å². The molecule has 6 nitrogen and oxygen atoms in total. The number of benzene rings is 9. The first-order valence-electron chi connectivity index (χ1n) is 21.4. The maximum atomic E-state index is 5.12. The summed E-state index contributed by atoms with van der Waals surface area (Å²) in [4.78, 5) is 30.4. The van der Waals surface area contributed by atoms with Gasteiger partial charge in [-0.25, -0.2) is 29.9 Å². The third-order valence-corrected chi connectivity index (χ3v) is 11.7. The van der Waals surface area contributed by atoms with Gasteiger partial charge in [-0.2, -0.15) is 0 Å². The predicted molar refractivity (Wildman–Crippen MR) is 261 cm³/mol. The zero-order valence-corrected chi connectivity index (χ0v) is 35.3. The zero-order valence-electron chi connectivity index (χ0n) is 35.3. The molecule has 9 aromatic carbocycles. The monoisotopic (exact) mass is 820 g/mol. The van der Waals surface area contributed by atoms with E-state index >= 15 is 0 Å². The van der Waals surface area contributed by atoms with Gasteiger partial charge in [-0.1, -0.05) is 205 Å². The number of hydrogen-bond donors (Lipinski definition) is 0. The SMILES string of the molecule is Cc1ccc(-c2nc(-c3ccccc3)nc(-c3cccc(-c4c(-c5cccc(-c6nc(-c7ccccc7)nc(-c7ccc(C)cc7)n6)c5)c5ccccc5c5ccccc45)c3)n2)cc1. The average molecular weight is 821 g/mol. The molecule has 0 aliphatic heterocycles. The Bertz CT molecular complexity index is 3260. The highest BCUT2D eigenvalue weighted by molar-refractivity contribution is 6.21. The van der Waals surface area contributed by atoms with Gasteiger partial charge >= 0.3 is 0 Å². The molecule has 64 heavy (non-hydrogen) atoms. The van der Waals surface area contributed by atoms with E-state index in [1.165, 1.54) is 21.9 Å². The van der Waals surface area contributed by atoms with E-state index < -0.39 is 0 Å². The highest BCUT2D eigenvalue weighted by Gasteiger charge is 2.21.